The van der Waals surface area contributed by atoms with Crippen LogP contribution in [0.4, 0.5) is 0 Å². The van der Waals surface area contributed by atoms with Gasteiger partial charge >= 0.3 is 0 Å². The number of fused-ring (bicyclic) bond motifs is 12. The number of hydrogen-bond acceptors (Lipinski definition) is 0. The predicted molar refractivity (Wildman–Crippen MR) is 222 cm³/mol. The highest BCUT2D eigenvalue weighted by Crippen LogP contribution is 2.52. The zero-order valence-electron chi connectivity index (χ0n) is 29.2. The molecule has 0 radical (unpaired) electrons. The van der Waals surface area contributed by atoms with Gasteiger partial charge < -0.3 is 4.57 Å². The molecule has 0 saturated carbocycles. The summed E-state index contributed by atoms with van der Waals surface area (Å²) in [7, 11) is 0. The summed E-state index contributed by atoms with van der Waals surface area (Å²) in [6.45, 7) is 4.78. The van der Waals surface area contributed by atoms with E-state index in [1.165, 1.54) is 104 Å². The Labute approximate surface area is 303 Å². The first-order valence-corrected chi connectivity index (χ1v) is 18.3. The van der Waals surface area contributed by atoms with E-state index in [2.05, 4.69) is 194 Å². The van der Waals surface area contributed by atoms with Crippen LogP contribution in [0.3, 0.4) is 0 Å². The Morgan fingerprint density at radius 3 is 1.50 bits per heavy atom. The van der Waals surface area contributed by atoms with E-state index in [0.29, 0.717) is 0 Å². The lowest BCUT2D eigenvalue weighted by Crippen LogP contribution is -2.15. The Morgan fingerprint density at radius 1 is 0.327 bits per heavy atom. The molecule has 1 aliphatic carbocycles. The van der Waals surface area contributed by atoms with E-state index in [1.54, 1.807) is 0 Å². The zero-order valence-corrected chi connectivity index (χ0v) is 29.2. The fraction of sp³-hybridized carbons (Fsp3) is 0.0588. The van der Waals surface area contributed by atoms with Crippen molar-refractivity contribution in [2.45, 2.75) is 19.3 Å². The molecule has 244 valence electrons. The van der Waals surface area contributed by atoms with Crippen molar-refractivity contribution in [2.24, 2.45) is 0 Å². The molecule has 10 aromatic rings. The summed E-state index contributed by atoms with van der Waals surface area (Å²) in [5.41, 5.74) is 13.9. The normalized spacial score (nSPS) is 13.3. The fourth-order valence-corrected chi connectivity index (χ4v) is 9.20. The van der Waals surface area contributed by atoms with Gasteiger partial charge in [0.2, 0.25) is 0 Å². The minimum absolute atomic E-state index is 0.136. The van der Waals surface area contributed by atoms with Gasteiger partial charge in [-0.2, -0.15) is 0 Å². The maximum Gasteiger partial charge on any atom is 0.0544 e. The van der Waals surface area contributed by atoms with Crippen molar-refractivity contribution < 1.29 is 0 Å². The molecule has 0 aliphatic heterocycles. The number of nitrogens with zero attached hydrogens (tertiary/aromatic N) is 1. The van der Waals surface area contributed by atoms with E-state index in [0.717, 1.165) is 0 Å². The first kappa shape index (κ1) is 29.3. The maximum absolute atomic E-state index is 2.51. The lowest BCUT2D eigenvalue weighted by molar-refractivity contribution is 0.661. The van der Waals surface area contributed by atoms with Gasteiger partial charge in [-0.3, -0.25) is 0 Å². The summed E-state index contributed by atoms with van der Waals surface area (Å²) >= 11 is 0. The highest BCUT2D eigenvalue weighted by molar-refractivity contribution is 6.25. The van der Waals surface area contributed by atoms with E-state index in [9.17, 15) is 0 Å². The van der Waals surface area contributed by atoms with Crippen molar-refractivity contribution >= 4 is 54.1 Å². The van der Waals surface area contributed by atoms with Gasteiger partial charge in [-0.15, -0.1) is 0 Å². The summed E-state index contributed by atoms with van der Waals surface area (Å²) in [5.74, 6) is 0. The van der Waals surface area contributed by atoms with Crippen LogP contribution in [0.25, 0.3) is 93.2 Å². The maximum atomic E-state index is 2.51. The van der Waals surface area contributed by atoms with Crippen LogP contribution >= 0.6 is 0 Å². The summed E-state index contributed by atoms with van der Waals surface area (Å²) in [4.78, 5) is 0. The number of rotatable bonds is 3. The van der Waals surface area contributed by atoms with E-state index < -0.39 is 0 Å². The Morgan fingerprint density at radius 2 is 0.846 bits per heavy atom. The van der Waals surface area contributed by atoms with Gasteiger partial charge in [0.05, 0.1) is 11.0 Å². The molecule has 1 aliphatic rings. The summed E-state index contributed by atoms with van der Waals surface area (Å²) < 4.78 is 2.51. The van der Waals surface area contributed by atoms with Gasteiger partial charge in [0, 0.05) is 21.9 Å². The molecule has 9 aromatic carbocycles. The third kappa shape index (κ3) is 4.11. The standard InChI is InChI=1S/C51H35N/c1-51(2)47-25-21-34(32-13-5-3-6-14-32)27-43(47)44-30-46-45-28-35(33-15-7-4-8-16-33)22-26-49(45)52(50(46)31-48(44)51)36-23-24-41-39-19-10-9-17-37(39)38-18-11-12-20-40(38)42(41)29-36/h3-31H,1-2H3. The smallest absolute Gasteiger partial charge is 0.0544 e. The summed E-state index contributed by atoms with van der Waals surface area (Å²) in [6.07, 6.45) is 0. The average molecular weight is 662 g/mol. The monoisotopic (exact) mass is 661 g/mol. The second-order valence-corrected chi connectivity index (χ2v) is 14.9. The molecule has 0 fully saturated rings. The second kappa shape index (κ2) is 10.8. The summed E-state index contributed by atoms with van der Waals surface area (Å²) in [6, 6.07) is 65.4. The minimum atomic E-state index is -0.136. The molecule has 0 saturated heterocycles. The van der Waals surface area contributed by atoms with Crippen molar-refractivity contribution in [1.29, 1.82) is 0 Å². The first-order chi connectivity index (χ1) is 25.5. The zero-order chi connectivity index (χ0) is 34.6. The molecule has 1 heteroatoms. The Hall–Kier alpha value is -6.44. The van der Waals surface area contributed by atoms with Crippen LogP contribution in [0.5, 0.6) is 0 Å². The fourth-order valence-electron chi connectivity index (χ4n) is 9.20. The van der Waals surface area contributed by atoms with E-state index in [1.807, 2.05) is 0 Å². The van der Waals surface area contributed by atoms with Crippen molar-refractivity contribution in [1.82, 2.24) is 4.57 Å². The minimum Gasteiger partial charge on any atom is -0.309 e. The third-order valence-corrected chi connectivity index (χ3v) is 11.8. The highest BCUT2D eigenvalue weighted by atomic mass is 15.0. The van der Waals surface area contributed by atoms with Gasteiger partial charge in [-0.1, -0.05) is 147 Å². The van der Waals surface area contributed by atoms with Crippen molar-refractivity contribution in [3.05, 3.63) is 187 Å². The topological polar surface area (TPSA) is 4.93 Å². The van der Waals surface area contributed by atoms with Crippen LogP contribution in [-0.4, -0.2) is 4.57 Å². The third-order valence-electron chi connectivity index (χ3n) is 11.8. The number of benzene rings is 9. The molecule has 1 heterocycles. The Bertz CT molecular complexity index is 3040. The van der Waals surface area contributed by atoms with Crippen LogP contribution in [0.1, 0.15) is 25.0 Å². The van der Waals surface area contributed by atoms with Gasteiger partial charge in [0.1, 0.15) is 0 Å². The number of hydrogen-bond donors (Lipinski definition) is 0. The van der Waals surface area contributed by atoms with E-state index in [4.69, 9.17) is 0 Å². The number of aromatic nitrogens is 1. The van der Waals surface area contributed by atoms with Crippen molar-refractivity contribution in [3.8, 4) is 39.1 Å². The van der Waals surface area contributed by atoms with E-state index >= 15 is 0 Å². The highest BCUT2D eigenvalue weighted by Gasteiger charge is 2.36. The molecular weight excluding hydrogens is 627 g/mol. The van der Waals surface area contributed by atoms with Crippen LogP contribution in [0.15, 0.2) is 176 Å². The van der Waals surface area contributed by atoms with Gasteiger partial charge in [0.25, 0.3) is 0 Å². The summed E-state index contributed by atoms with van der Waals surface area (Å²) in [5, 5.41) is 10.3. The molecule has 0 N–H and O–H groups in total. The molecule has 0 atom stereocenters. The SMILES string of the molecule is CC1(C)c2ccc(-c3ccccc3)cc2-c2cc3c4cc(-c5ccccc5)ccc4n(-c4ccc5c6ccccc6c6ccccc6c5c4)c3cc21. The molecule has 0 unspecified atom stereocenters. The van der Waals surface area contributed by atoms with Crippen LogP contribution in [0.2, 0.25) is 0 Å². The van der Waals surface area contributed by atoms with Crippen molar-refractivity contribution in [2.75, 3.05) is 0 Å². The Kier molecular flexibility index (Phi) is 6.08. The Balaban J connectivity index is 1.22. The quantitative estimate of drug-likeness (QED) is 0.166. The molecule has 11 rings (SSSR count). The average Bonchev–Trinajstić information content (AvgIpc) is 3.64. The van der Waals surface area contributed by atoms with Crippen LogP contribution in [0, 0.1) is 0 Å². The molecule has 1 nitrogen and oxygen atoms in total. The van der Waals surface area contributed by atoms with Gasteiger partial charge in [-0.25, -0.2) is 0 Å². The molecule has 0 bridgehead atoms. The lowest BCUT2D eigenvalue weighted by Gasteiger charge is -2.22. The van der Waals surface area contributed by atoms with Crippen LogP contribution < -0.4 is 0 Å². The van der Waals surface area contributed by atoms with Gasteiger partial charge in [-0.05, 0) is 119 Å². The molecular formula is C51H35N. The largest absolute Gasteiger partial charge is 0.309 e. The molecule has 0 spiro atoms. The molecule has 1 aromatic heterocycles. The van der Waals surface area contributed by atoms with Crippen molar-refractivity contribution in [3.63, 3.8) is 0 Å². The predicted octanol–water partition coefficient (Wildman–Crippen LogP) is 13.9. The molecule has 52 heavy (non-hydrogen) atoms. The van der Waals surface area contributed by atoms with Gasteiger partial charge in [0.15, 0.2) is 0 Å². The molecule has 0 amide bonds. The second-order valence-electron chi connectivity index (χ2n) is 14.9. The first-order valence-electron chi connectivity index (χ1n) is 18.3. The van der Waals surface area contributed by atoms with Crippen LogP contribution in [-0.2, 0) is 5.41 Å². The van der Waals surface area contributed by atoms with E-state index in [-0.39, 0.29) is 5.41 Å². The lowest BCUT2D eigenvalue weighted by atomic mass is 9.82.